The van der Waals surface area contributed by atoms with E-state index in [0.29, 0.717) is 32.0 Å². The molecule has 0 atom stereocenters. The number of anilines is 1. The Morgan fingerprint density at radius 2 is 1.66 bits per heavy atom. The van der Waals surface area contributed by atoms with E-state index in [1.807, 2.05) is 54.6 Å². The molecule has 0 saturated heterocycles. The van der Waals surface area contributed by atoms with E-state index >= 15 is 0 Å². The molecule has 0 bridgehead atoms. The zero-order valence-corrected chi connectivity index (χ0v) is 17.7. The highest BCUT2D eigenvalue weighted by Gasteiger charge is 2.23. The summed E-state index contributed by atoms with van der Waals surface area (Å²) in [6.45, 7) is 1.82. The lowest BCUT2D eigenvalue weighted by Crippen LogP contribution is -2.38. The second-order valence-corrected chi connectivity index (χ2v) is 7.62. The molecule has 32 heavy (non-hydrogen) atoms. The molecule has 0 spiro atoms. The fourth-order valence-electron chi connectivity index (χ4n) is 3.62. The van der Waals surface area contributed by atoms with E-state index in [-0.39, 0.29) is 30.2 Å². The predicted molar refractivity (Wildman–Crippen MR) is 122 cm³/mol. The number of para-hydroxylation sites is 2. The number of carbonyl (C=O) groups is 2. The standard InChI is InChI=1S/C25H25N3O4/c29-23(12-13-25(31)28-15-16-32-22-6-2-1-5-21(22)28)26-17-19-8-10-20(11-9-19)18-27-14-4-3-7-24(27)30/h1-11,14H,12-13,15-18H2,(H,26,29). The lowest BCUT2D eigenvalue weighted by atomic mass is 10.1. The zero-order valence-electron chi connectivity index (χ0n) is 17.7. The molecule has 1 aliphatic heterocycles. The van der Waals surface area contributed by atoms with Crippen molar-refractivity contribution in [1.29, 1.82) is 0 Å². The second kappa shape index (κ2) is 9.96. The first kappa shape index (κ1) is 21.4. The van der Waals surface area contributed by atoms with Gasteiger partial charge in [0.15, 0.2) is 0 Å². The Bertz CT molecular complexity index is 1150. The number of hydrogen-bond acceptors (Lipinski definition) is 4. The summed E-state index contributed by atoms with van der Waals surface area (Å²) in [6.07, 6.45) is 2.03. The van der Waals surface area contributed by atoms with Crippen molar-refractivity contribution in [3.05, 3.63) is 94.4 Å². The van der Waals surface area contributed by atoms with Crippen molar-refractivity contribution in [3.63, 3.8) is 0 Å². The Labute approximate surface area is 186 Å². The van der Waals surface area contributed by atoms with Gasteiger partial charge in [-0.3, -0.25) is 14.4 Å². The number of carbonyl (C=O) groups excluding carboxylic acids is 2. The maximum atomic E-state index is 12.6. The predicted octanol–water partition coefficient (Wildman–Crippen LogP) is 2.72. The van der Waals surface area contributed by atoms with E-state index < -0.39 is 0 Å². The molecule has 0 radical (unpaired) electrons. The number of hydrogen-bond donors (Lipinski definition) is 1. The van der Waals surface area contributed by atoms with Crippen molar-refractivity contribution in [2.45, 2.75) is 25.9 Å². The second-order valence-electron chi connectivity index (χ2n) is 7.62. The highest BCUT2D eigenvalue weighted by Crippen LogP contribution is 2.31. The third kappa shape index (κ3) is 5.24. The zero-order chi connectivity index (χ0) is 22.3. The fourth-order valence-corrected chi connectivity index (χ4v) is 3.62. The van der Waals surface area contributed by atoms with Crippen LogP contribution in [-0.4, -0.2) is 29.5 Å². The number of nitrogens with one attached hydrogen (secondary N) is 1. The van der Waals surface area contributed by atoms with Crippen LogP contribution in [0, 0.1) is 0 Å². The van der Waals surface area contributed by atoms with Crippen molar-refractivity contribution < 1.29 is 14.3 Å². The van der Waals surface area contributed by atoms with Gasteiger partial charge in [0.2, 0.25) is 11.8 Å². The summed E-state index contributed by atoms with van der Waals surface area (Å²) in [5, 5.41) is 2.87. The van der Waals surface area contributed by atoms with Crippen molar-refractivity contribution in [2.24, 2.45) is 0 Å². The third-order valence-corrected chi connectivity index (χ3v) is 5.36. The molecule has 3 aromatic rings. The summed E-state index contributed by atoms with van der Waals surface area (Å²) < 4.78 is 7.21. The number of fused-ring (bicyclic) bond motifs is 1. The lowest BCUT2D eigenvalue weighted by Gasteiger charge is -2.29. The molecule has 0 aliphatic carbocycles. The molecule has 2 aromatic carbocycles. The van der Waals surface area contributed by atoms with Crippen LogP contribution in [0.2, 0.25) is 0 Å². The molecule has 0 saturated carbocycles. The van der Waals surface area contributed by atoms with E-state index in [4.69, 9.17) is 4.74 Å². The van der Waals surface area contributed by atoms with Crippen LogP contribution in [-0.2, 0) is 22.7 Å². The number of pyridine rings is 1. The maximum absolute atomic E-state index is 12.6. The van der Waals surface area contributed by atoms with Gasteiger partial charge in [-0.15, -0.1) is 0 Å². The maximum Gasteiger partial charge on any atom is 0.250 e. The number of ether oxygens (including phenoxy) is 1. The Balaban J connectivity index is 1.24. The van der Waals surface area contributed by atoms with Crippen LogP contribution in [0.25, 0.3) is 0 Å². The molecule has 1 aromatic heterocycles. The lowest BCUT2D eigenvalue weighted by molar-refractivity contribution is -0.125. The van der Waals surface area contributed by atoms with Crippen LogP contribution in [0.3, 0.4) is 0 Å². The molecule has 2 amide bonds. The number of benzene rings is 2. The largest absolute Gasteiger partial charge is 0.490 e. The van der Waals surface area contributed by atoms with E-state index in [9.17, 15) is 14.4 Å². The Kier molecular flexibility index (Phi) is 6.65. The van der Waals surface area contributed by atoms with Crippen LogP contribution in [0.4, 0.5) is 5.69 Å². The Hall–Kier alpha value is -3.87. The van der Waals surface area contributed by atoms with Crippen LogP contribution >= 0.6 is 0 Å². The minimum absolute atomic E-state index is 0.0426. The van der Waals surface area contributed by atoms with Gasteiger partial charge in [0, 0.05) is 31.6 Å². The monoisotopic (exact) mass is 431 g/mol. The third-order valence-electron chi connectivity index (χ3n) is 5.36. The van der Waals surface area contributed by atoms with Crippen LogP contribution in [0.15, 0.2) is 77.7 Å². The quantitative estimate of drug-likeness (QED) is 0.624. The van der Waals surface area contributed by atoms with Gasteiger partial charge in [-0.05, 0) is 29.3 Å². The summed E-state index contributed by atoms with van der Waals surface area (Å²) in [7, 11) is 0. The molecule has 164 valence electrons. The van der Waals surface area contributed by atoms with E-state index in [0.717, 1.165) is 16.8 Å². The molecule has 1 N–H and O–H groups in total. The average Bonchev–Trinajstić information content (AvgIpc) is 2.83. The van der Waals surface area contributed by atoms with Crippen molar-refractivity contribution in [1.82, 2.24) is 9.88 Å². The molecule has 0 fully saturated rings. The summed E-state index contributed by atoms with van der Waals surface area (Å²) in [4.78, 5) is 38.4. The van der Waals surface area contributed by atoms with Crippen molar-refractivity contribution in [2.75, 3.05) is 18.1 Å². The van der Waals surface area contributed by atoms with Gasteiger partial charge < -0.3 is 19.5 Å². The van der Waals surface area contributed by atoms with Crippen LogP contribution < -0.4 is 20.5 Å². The summed E-state index contributed by atoms with van der Waals surface area (Å²) in [6, 6.07) is 20.3. The summed E-state index contributed by atoms with van der Waals surface area (Å²) in [5.74, 6) is 0.438. The normalized spacial score (nSPS) is 12.6. The van der Waals surface area contributed by atoms with Gasteiger partial charge in [0.05, 0.1) is 18.8 Å². The molecule has 4 rings (SSSR count). The van der Waals surface area contributed by atoms with E-state index in [1.165, 1.54) is 6.07 Å². The smallest absolute Gasteiger partial charge is 0.250 e. The van der Waals surface area contributed by atoms with Crippen LogP contribution in [0.1, 0.15) is 24.0 Å². The minimum Gasteiger partial charge on any atom is -0.490 e. The van der Waals surface area contributed by atoms with Gasteiger partial charge in [-0.25, -0.2) is 0 Å². The first-order valence-corrected chi connectivity index (χ1v) is 10.6. The van der Waals surface area contributed by atoms with Gasteiger partial charge in [0.25, 0.3) is 5.56 Å². The molecule has 7 heteroatoms. The molecule has 1 aliphatic rings. The molecular weight excluding hydrogens is 406 g/mol. The van der Waals surface area contributed by atoms with Gasteiger partial charge in [-0.1, -0.05) is 42.5 Å². The number of amides is 2. The Morgan fingerprint density at radius 1 is 0.906 bits per heavy atom. The highest BCUT2D eigenvalue weighted by atomic mass is 16.5. The number of nitrogens with zero attached hydrogens (tertiary/aromatic N) is 2. The Morgan fingerprint density at radius 3 is 2.47 bits per heavy atom. The van der Waals surface area contributed by atoms with E-state index in [2.05, 4.69) is 5.32 Å². The van der Waals surface area contributed by atoms with Gasteiger partial charge in [0.1, 0.15) is 12.4 Å². The fraction of sp³-hybridized carbons (Fsp3) is 0.240. The molecular formula is C25H25N3O4. The first-order chi connectivity index (χ1) is 15.6. The van der Waals surface area contributed by atoms with E-state index in [1.54, 1.807) is 21.7 Å². The average molecular weight is 431 g/mol. The summed E-state index contributed by atoms with van der Waals surface area (Å²) >= 11 is 0. The molecule has 0 unspecified atom stereocenters. The van der Waals surface area contributed by atoms with Gasteiger partial charge >= 0.3 is 0 Å². The number of rotatable bonds is 7. The van der Waals surface area contributed by atoms with Crippen molar-refractivity contribution >= 4 is 17.5 Å². The van der Waals surface area contributed by atoms with Crippen LogP contribution in [0.5, 0.6) is 5.75 Å². The number of aromatic nitrogens is 1. The minimum atomic E-state index is -0.167. The van der Waals surface area contributed by atoms with Gasteiger partial charge in [-0.2, -0.15) is 0 Å². The highest BCUT2D eigenvalue weighted by molar-refractivity contribution is 5.97. The first-order valence-electron chi connectivity index (χ1n) is 10.6. The topological polar surface area (TPSA) is 80.6 Å². The molecule has 7 nitrogen and oxygen atoms in total. The van der Waals surface area contributed by atoms with Crippen molar-refractivity contribution in [3.8, 4) is 5.75 Å². The molecule has 2 heterocycles. The SMILES string of the molecule is O=C(CCC(=O)N1CCOc2ccccc21)NCc1ccc(Cn2ccccc2=O)cc1. The summed E-state index contributed by atoms with van der Waals surface area (Å²) in [5.41, 5.74) is 2.67.